The van der Waals surface area contributed by atoms with Crippen molar-refractivity contribution in [3.8, 4) is 33.6 Å². The zero-order valence-corrected chi connectivity index (χ0v) is 24.0. The number of aliphatic hydroxyl groups is 1. The summed E-state index contributed by atoms with van der Waals surface area (Å²) in [4.78, 5) is 10.6. The molecule has 0 spiro atoms. The predicted octanol–water partition coefficient (Wildman–Crippen LogP) is 6.00. The third kappa shape index (κ3) is 5.91. The number of H-pyrrole nitrogens is 1. The van der Waals surface area contributed by atoms with Gasteiger partial charge in [0.25, 0.3) is 0 Å². The summed E-state index contributed by atoms with van der Waals surface area (Å²) in [5.41, 5.74) is 9.32. The van der Waals surface area contributed by atoms with Gasteiger partial charge in [0.1, 0.15) is 17.6 Å². The van der Waals surface area contributed by atoms with E-state index in [-0.39, 0.29) is 5.92 Å². The molecule has 1 unspecified atom stereocenters. The molecule has 0 radical (unpaired) electrons. The molecule has 4 heterocycles. The quantitative estimate of drug-likeness (QED) is 0.195. The van der Waals surface area contributed by atoms with Gasteiger partial charge >= 0.3 is 0 Å². The van der Waals surface area contributed by atoms with Crippen LogP contribution in [0.15, 0.2) is 73.1 Å². The minimum atomic E-state index is -0.593. The number of aromatic nitrogens is 4. The van der Waals surface area contributed by atoms with Gasteiger partial charge in [0.05, 0.1) is 13.2 Å². The van der Waals surface area contributed by atoms with E-state index in [1.807, 2.05) is 36.9 Å². The Balaban J connectivity index is 1.30. The lowest BCUT2D eigenvalue weighted by Gasteiger charge is -2.26. The van der Waals surface area contributed by atoms with E-state index in [0.29, 0.717) is 0 Å². The van der Waals surface area contributed by atoms with Crippen molar-refractivity contribution in [3.05, 3.63) is 78.6 Å². The highest BCUT2D eigenvalue weighted by Gasteiger charge is 2.18. The van der Waals surface area contributed by atoms with E-state index in [9.17, 15) is 5.11 Å². The molecule has 0 bridgehead atoms. The molecular formula is C33H38N6O2. The summed E-state index contributed by atoms with van der Waals surface area (Å²) >= 11 is 0. The Morgan fingerprint density at radius 1 is 0.976 bits per heavy atom. The minimum absolute atomic E-state index is 0.120. The maximum absolute atomic E-state index is 10.2. The minimum Gasteiger partial charge on any atom is -0.379 e. The van der Waals surface area contributed by atoms with Crippen molar-refractivity contribution in [1.29, 1.82) is 0 Å². The van der Waals surface area contributed by atoms with E-state index in [4.69, 9.17) is 9.84 Å². The topological polar surface area (TPSA) is 91.2 Å². The molecule has 6 rings (SSSR count). The predicted molar refractivity (Wildman–Crippen MR) is 164 cm³/mol. The molecule has 1 aliphatic rings. The summed E-state index contributed by atoms with van der Waals surface area (Å²) in [5.74, 6) is 0.120. The van der Waals surface area contributed by atoms with Gasteiger partial charge in [-0.05, 0) is 53.8 Å². The fourth-order valence-corrected chi connectivity index (χ4v) is 5.28. The first kappa shape index (κ1) is 27.2. The molecule has 1 fully saturated rings. The van der Waals surface area contributed by atoms with Gasteiger partial charge in [-0.2, -0.15) is 5.10 Å². The van der Waals surface area contributed by atoms with Crippen LogP contribution in [0.3, 0.4) is 0 Å². The molecule has 5 aromatic rings. The number of pyridine rings is 1. The number of fused-ring (bicyclic) bond motifs is 1. The number of hydrogen-bond acceptors (Lipinski definition) is 6. The lowest BCUT2D eigenvalue weighted by Crippen LogP contribution is -2.35. The molecule has 3 N–H and O–H groups in total. The Labute approximate surface area is 241 Å². The SMILES string of the molecule is CCn1cc(-c2ccnc3[nH]c(-c4ccc(CN5CCOCC5)cc4)cc23)c(-c2ccc(NC(O)C(C)C)cc2)n1. The first-order valence-corrected chi connectivity index (χ1v) is 14.5. The molecule has 41 heavy (non-hydrogen) atoms. The summed E-state index contributed by atoms with van der Waals surface area (Å²) < 4.78 is 7.46. The van der Waals surface area contributed by atoms with Crippen molar-refractivity contribution in [2.45, 2.75) is 40.1 Å². The highest BCUT2D eigenvalue weighted by Crippen LogP contribution is 2.37. The molecule has 2 aromatic carbocycles. The second-order valence-electron chi connectivity index (χ2n) is 11.0. The Kier molecular flexibility index (Phi) is 7.87. The monoisotopic (exact) mass is 550 g/mol. The number of nitrogens with one attached hydrogen (secondary N) is 2. The summed E-state index contributed by atoms with van der Waals surface area (Å²) in [7, 11) is 0. The van der Waals surface area contributed by atoms with Crippen molar-refractivity contribution in [2.24, 2.45) is 5.92 Å². The van der Waals surface area contributed by atoms with Gasteiger partial charge in [-0.25, -0.2) is 4.98 Å². The van der Waals surface area contributed by atoms with Gasteiger partial charge in [-0.3, -0.25) is 9.58 Å². The summed E-state index contributed by atoms with van der Waals surface area (Å²) in [6.45, 7) is 11.4. The van der Waals surface area contributed by atoms with E-state index in [2.05, 4.69) is 81.8 Å². The van der Waals surface area contributed by atoms with Crippen molar-refractivity contribution < 1.29 is 9.84 Å². The first-order valence-electron chi connectivity index (χ1n) is 14.5. The van der Waals surface area contributed by atoms with Crippen LogP contribution < -0.4 is 5.32 Å². The Bertz CT molecular complexity index is 1600. The van der Waals surface area contributed by atoms with Crippen LogP contribution in [0.1, 0.15) is 26.3 Å². The standard InChI is InChI=1S/C33H38N6O2/c1-4-39-21-29(31(37-39)25-9-11-26(12-10-25)35-33(40)22(2)3)27-13-14-34-32-28(27)19-30(36-32)24-7-5-23(6-8-24)20-38-15-17-41-18-16-38/h5-14,19,21-22,33,35,40H,4,15-18,20H2,1-3H3,(H,34,36). The van der Waals surface area contributed by atoms with Crippen LogP contribution in [0.5, 0.6) is 0 Å². The Morgan fingerprint density at radius 2 is 1.71 bits per heavy atom. The lowest BCUT2D eigenvalue weighted by molar-refractivity contribution is 0.0342. The summed E-state index contributed by atoms with van der Waals surface area (Å²) in [5, 5.41) is 19.4. The Morgan fingerprint density at radius 3 is 2.41 bits per heavy atom. The molecule has 1 atom stereocenters. The van der Waals surface area contributed by atoms with Crippen molar-refractivity contribution in [1.82, 2.24) is 24.6 Å². The van der Waals surface area contributed by atoms with Gasteiger partial charge in [0.2, 0.25) is 0 Å². The molecule has 8 heteroatoms. The molecular weight excluding hydrogens is 512 g/mol. The van der Waals surface area contributed by atoms with Crippen LogP contribution in [0.25, 0.3) is 44.7 Å². The van der Waals surface area contributed by atoms with E-state index < -0.39 is 6.23 Å². The molecule has 3 aromatic heterocycles. The number of morpholine rings is 1. The van der Waals surface area contributed by atoms with Crippen LogP contribution in [-0.4, -0.2) is 62.3 Å². The molecule has 8 nitrogen and oxygen atoms in total. The second-order valence-corrected chi connectivity index (χ2v) is 11.0. The van der Waals surface area contributed by atoms with Crippen LogP contribution >= 0.6 is 0 Å². The molecule has 0 amide bonds. The second kappa shape index (κ2) is 11.9. The van der Waals surface area contributed by atoms with Crippen LogP contribution in [0.4, 0.5) is 5.69 Å². The first-order chi connectivity index (χ1) is 20.0. The molecule has 0 aliphatic carbocycles. The molecule has 212 valence electrons. The summed E-state index contributed by atoms with van der Waals surface area (Å²) in [6.07, 6.45) is 3.38. The van der Waals surface area contributed by atoms with E-state index in [1.54, 1.807) is 0 Å². The average molecular weight is 551 g/mol. The fourth-order valence-electron chi connectivity index (χ4n) is 5.28. The number of benzene rings is 2. The third-order valence-corrected chi connectivity index (χ3v) is 7.79. The van der Waals surface area contributed by atoms with Crippen LogP contribution in [-0.2, 0) is 17.8 Å². The number of aliphatic hydroxyl groups excluding tert-OH is 1. The van der Waals surface area contributed by atoms with Crippen LogP contribution in [0, 0.1) is 5.92 Å². The fraction of sp³-hybridized carbons (Fsp3) is 0.333. The Hall–Kier alpha value is -3.98. The lowest BCUT2D eigenvalue weighted by atomic mass is 9.99. The number of rotatable bonds is 9. The number of ether oxygens (including phenoxy) is 1. The number of aryl methyl sites for hydroxylation is 1. The molecule has 0 saturated carbocycles. The number of nitrogens with zero attached hydrogens (tertiary/aromatic N) is 4. The smallest absolute Gasteiger partial charge is 0.138 e. The van der Waals surface area contributed by atoms with E-state index in [1.165, 1.54) is 5.56 Å². The molecule has 1 saturated heterocycles. The summed E-state index contributed by atoms with van der Waals surface area (Å²) in [6, 6.07) is 21.2. The number of aromatic amines is 1. The van der Waals surface area contributed by atoms with Crippen molar-refractivity contribution in [2.75, 3.05) is 31.6 Å². The zero-order valence-electron chi connectivity index (χ0n) is 24.0. The van der Waals surface area contributed by atoms with Gasteiger partial charge < -0.3 is 20.1 Å². The van der Waals surface area contributed by atoms with Crippen molar-refractivity contribution in [3.63, 3.8) is 0 Å². The largest absolute Gasteiger partial charge is 0.379 e. The number of hydrogen-bond donors (Lipinski definition) is 3. The highest BCUT2D eigenvalue weighted by atomic mass is 16.5. The maximum atomic E-state index is 10.2. The normalized spacial score (nSPS) is 15.0. The average Bonchev–Trinajstić information content (AvgIpc) is 3.63. The molecule has 1 aliphatic heterocycles. The highest BCUT2D eigenvalue weighted by molar-refractivity contribution is 5.99. The van der Waals surface area contributed by atoms with Gasteiger partial charge in [-0.15, -0.1) is 0 Å². The zero-order chi connectivity index (χ0) is 28.3. The van der Waals surface area contributed by atoms with E-state index in [0.717, 1.165) is 89.8 Å². The van der Waals surface area contributed by atoms with Crippen molar-refractivity contribution >= 4 is 16.7 Å². The van der Waals surface area contributed by atoms with Gasteiger partial charge in [0.15, 0.2) is 0 Å². The maximum Gasteiger partial charge on any atom is 0.138 e. The van der Waals surface area contributed by atoms with Gasteiger partial charge in [0, 0.05) is 66.5 Å². The number of anilines is 1. The van der Waals surface area contributed by atoms with Gasteiger partial charge in [-0.1, -0.05) is 50.2 Å². The third-order valence-electron chi connectivity index (χ3n) is 7.79. The van der Waals surface area contributed by atoms with Crippen LogP contribution in [0.2, 0.25) is 0 Å². The van der Waals surface area contributed by atoms with E-state index >= 15 is 0 Å².